The molecule has 0 bridgehead atoms. The van der Waals surface area contributed by atoms with Crippen molar-refractivity contribution in [2.45, 2.75) is 157 Å². The topological polar surface area (TPSA) is 90.5 Å². The Kier molecular flexibility index (Phi) is 16.8. The van der Waals surface area contributed by atoms with E-state index in [-0.39, 0.29) is 23.6 Å². The van der Waals surface area contributed by atoms with Gasteiger partial charge in [-0.05, 0) is 78.4 Å². The minimum Gasteiger partial charge on any atom is -0.444 e. The smallest absolute Gasteiger partial charge is 0.410 e. The highest BCUT2D eigenvalue weighted by Crippen LogP contribution is 2.34. The van der Waals surface area contributed by atoms with Gasteiger partial charge in [-0.25, -0.2) is 4.79 Å². The van der Waals surface area contributed by atoms with Crippen LogP contribution in [0.25, 0.3) is 10.9 Å². The number of hydrogen-bond acceptors (Lipinski definition) is 5. The van der Waals surface area contributed by atoms with Crippen LogP contribution in [-0.4, -0.2) is 39.2 Å². The van der Waals surface area contributed by atoms with Crippen molar-refractivity contribution in [2.24, 2.45) is 5.92 Å². The zero-order chi connectivity index (χ0) is 35.1. The molecule has 1 heterocycles. The van der Waals surface area contributed by atoms with Gasteiger partial charge >= 0.3 is 6.09 Å². The number of benzene rings is 1. The number of carbonyl (C=O) groups excluding carboxylic acids is 1. The molecule has 1 fully saturated rings. The highest BCUT2D eigenvalue weighted by Gasteiger charge is 2.24. The Morgan fingerprint density at radius 3 is 2.23 bits per heavy atom. The number of rotatable bonds is 10. The van der Waals surface area contributed by atoms with E-state index in [9.17, 15) is 9.59 Å². The first-order chi connectivity index (χ1) is 22.2. The van der Waals surface area contributed by atoms with Crippen molar-refractivity contribution < 1.29 is 9.53 Å². The van der Waals surface area contributed by atoms with Gasteiger partial charge in [0.2, 0.25) is 0 Å². The summed E-state index contributed by atoms with van der Waals surface area (Å²) in [6, 6.07) is 5.85. The van der Waals surface area contributed by atoms with Crippen LogP contribution in [-0.2, 0) is 4.74 Å². The van der Waals surface area contributed by atoms with Gasteiger partial charge in [0, 0.05) is 24.7 Å². The molecule has 2 aliphatic carbocycles. The molecule has 1 amide bonds. The second-order valence-electron chi connectivity index (χ2n) is 14.7. The van der Waals surface area contributed by atoms with Crippen LogP contribution in [0.5, 0.6) is 0 Å². The molecule has 2 aromatic rings. The molecule has 2 unspecified atom stereocenters. The average Bonchev–Trinajstić information content (AvgIpc) is 3.49. The number of allylic oxidation sites excluding steroid dienone is 4. The summed E-state index contributed by atoms with van der Waals surface area (Å²) in [5.74, 6) is 2.11. The Balaban J connectivity index is 0.000000290. The number of hydrogen-bond donors (Lipinski definition) is 1. The Labute approximate surface area is 286 Å². The van der Waals surface area contributed by atoms with Crippen molar-refractivity contribution in [2.75, 3.05) is 18.8 Å². The van der Waals surface area contributed by atoms with Gasteiger partial charge in [0.15, 0.2) is 0 Å². The van der Waals surface area contributed by atoms with Crippen molar-refractivity contribution in [3.05, 3.63) is 57.7 Å². The number of nitrogens with two attached hydrogens (primary N) is 1. The monoisotopic (exact) mass is 651 g/mol. The van der Waals surface area contributed by atoms with Gasteiger partial charge < -0.3 is 19.9 Å². The van der Waals surface area contributed by atoms with Crippen LogP contribution in [0, 0.1) is 5.92 Å². The minimum absolute atomic E-state index is 0.165. The van der Waals surface area contributed by atoms with E-state index in [2.05, 4.69) is 70.2 Å². The van der Waals surface area contributed by atoms with Crippen LogP contribution < -0.4 is 11.3 Å². The molecular formula is C40H66N4O3. The first kappa shape index (κ1) is 40.1. The first-order valence-electron chi connectivity index (χ1n) is 18.4. The zero-order valence-corrected chi connectivity index (χ0v) is 31.5. The summed E-state index contributed by atoms with van der Waals surface area (Å²) in [4.78, 5) is 30.8. The third kappa shape index (κ3) is 12.8. The fourth-order valence-corrected chi connectivity index (χ4v) is 6.15. The molecule has 47 heavy (non-hydrogen) atoms. The van der Waals surface area contributed by atoms with E-state index in [1.165, 1.54) is 49.7 Å². The van der Waals surface area contributed by atoms with Crippen LogP contribution >= 0.6 is 0 Å². The van der Waals surface area contributed by atoms with E-state index in [0.29, 0.717) is 11.1 Å². The molecule has 1 aromatic carbocycles. The number of nitrogen functional groups attached to an aromatic ring is 1. The van der Waals surface area contributed by atoms with Crippen molar-refractivity contribution in [3.8, 4) is 0 Å². The number of unbranched alkanes of at least 4 members (excludes halogenated alkanes) is 3. The molecule has 4 rings (SSSR count). The van der Waals surface area contributed by atoms with Crippen LogP contribution in [0.4, 0.5) is 10.5 Å². The normalized spacial score (nSPS) is 17.1. The fourth-order valence-electron chi connectivity index (χ4n) is 6.15. The second-order valence-corrected chi connectivity index (χ2v) is 14.7. The lowest BCUT2D eigenvalue weighted by atomic mass is 9.94. The molecule has 2 atom stereocenters. The lowest BCUT2D eigenvalue weighted by Crippen LogP contribution is -2.38. The molecule has 0 spiro atoms. The van der Waals surface area contributed by atoms with Crippen molar-refractivity contribution in [3.63, 3.8) is 0 Å². The maximum atomic E-state index is 12.6. The van der Waals surface area contributed by atoms with Gasteiger partial charge in [-0.2, -0.15) is 4.98 Å². The Bertz CT molecular complexity index is 1380. The fraction of sp³-hybridized carbons (Fsp3) is 0.675. The van der Waals surface area contributed by atoms with Crippen molar-refractivity contribution in [1.29, 1.82) is 0 Å². The predicted molar refractivity (Wildman–Crippen MR) is 200 cm³/mol. The highest BCUT2D eigenvalue weighted by molar-refractivity contribution is 5.90. The van der Waals surface area contributed by atoms with Gasteiger partial charge in [-0.15, -0.1) is 0 Å². The van der Waals surface area contributed by atoms with Gasteiger partial charge in [0.05, 0.1) is 16.9 Å². The van der Waals surface area contributed by atoms with Gasteiger partial charge in [0.25, 0.3) is 5.56 Å². The van der Waals surface area contributed by atoms with Crippen LogP contribution in [0.3, 0.4) is 0 Å². The number of ether oxygens (including phenoxy) is 1. The van der Waals surface area contributed by atoms with E-state index >= 15 is 0 Å². The summed E-state index contributed by atoms with van der Waals surface area (Å²) in [6.45, 7) is 22.5. The Morgan fingerprint density at radius 1 is 1.06 bits per heavy atom. The molecule has 0 radical (unpaired) electrons. The van der Waals surface area contributed by atoms with Gasteiger partial charge in [-0.1, -0.05) is 109 Å². The third-order valence-electron chi connectivity index (χ3n) is 9.13. The highest BCUT2D eigenvalue weighted by atomic mass is 16.6. The summed E-state index contributed by atoms with van der Waals surface area (Å²) in [7, 11) is 0. The molecule has 1 saturated carbocycles. The lowest BCUT2D eigenvalue weighted by Gasteiger charge is -2.29. The lowest BCUT2D eigenvalue weighted by molar-refractivity contribution is 0.0244. The van der Waals surface area contributed by atoms with Crippen LogP contribution in [0.1, 0.15) is 158 Å². The standard InChI is InChI=1S/C20H25N3O.C14H29NO2.C6H12/c1-5-13(3)19-22-20(24)18-15(21)7-6-8-17(18)23(19)16-10-9-12(2)11-14(16)4;1-6-8-10-12-15(11-9-7-2)13(16)17-14(3,4)5;1-6-4-2-3-5-6/h6-9,11,13,16H,5,10,21H2,1-4H3;6-12H2,1-5H3;6H,2-5H2,1H3. The minimum atomic E-state index is -0.397. The number of amides is 1. The Hall–Kier alpha value is -3.09. The SMILES string of the molecule is CC1CCCC1.CCC(C)c1nc(=O)c2c(N)cccc2n1C1CC=C(C)C=C1C.CCCCCN(CCCC)C(=O)OC(C)(C)C. The summed E-state index contributed by atoms with van der Waals surface area (Å²) in [5.41, 5.74) is 9.42. The Morgan fingerprint density at radius 2 is 1.70 bits per heavy atom. The van der Waals surface area contributed by atoms with E-state index < -0.39 is 5.60 Å². The largest absolute Gasteiger partial charge is 0.444 e. The summed E-state index contributed by atoms with van der Waals surface area (Å²) in [5, 5.41) is 0.531. The van der Waals surface area contributed by atoms with Crippen LogP contribution in [0.15, 0.2) is 46.3 Å². The number of nitrogens with zero attached hydrogens (tertiary/aromatic N) is 3. The van der Waals surface area contributed by atoms with E-state index in [4.69, 9.17) is 10.5 Å². The molecule has 7 nitrogen and oxygen atoms in total. The molecule has 2 aliphatic rings. The molecule has 0 aliphatic heterocycles. The zero-order valence-electron chi connectivity index (χ0n) is 31.5. The van der Waals surface area contributed by atoms with Crippen molar-refractivity contribution >= 4 is 22.7 Å². The number of fused-ring (bicyclic) bond motifs is 1. The third-order valence-corrected chi connectivity index (χ3v) is 9.13. The molecular weight excluding hydrogens is 584 g/mol. The average molecular weight is 651 g/mol. The summed E-state index contributed by atoms with van der Waals surface area (Å²) < 4.78 is 7.65. The molecule has 264 valence electrons. The number of anilines is 1. The van der Waals surface area contributed by atoms with Crippen molar-refractivity contribution in [1.82, 2.24) is 14.5 Å². The second kappa shape index (κ2) is 19.7. The molecule has 2 N–H and O–H groups in total. The van der Waals surface area contributed by atoms with Gasteiger partial charge in [0.1, 0.15) is 11.4 Å². The molecule has 1 aromatic heterocycles. The van der Waals surface area contributed by atoms with Crippen LogP contribution in [0.2, 0.25) is 0 Å². The van der Waals surface area contributed by atoms with E-state index in [1.54, 1.807) is 6.07 Å². The maximum Gasteiger partial charge on any atom is 0.410 e. The van der Waals surface area contributed by atoms with E-state index in [1.807, 2.05) is 37.8 Å². The van der Waals surface area contributed by atoms with Gasteiger partial charge in [-0.3, -0.25) is 4.79 Å². The maximum absolute atomic E-state index is 12.6. The summed E-state index contributed by atoms with van der Waals surface area (Å²) >= 11 is 0. The first-order valence-corrected chi connectivity index (χ1v) is 18.4. The molecule has 0 saturated heterocycles. The summed E-state index contributed by atoms with van der Waals surface area (Å²) in [6.07, 6.45) is 17.7. The predicted octanol–water partition coefficient (Wildman–Crippen LogP) is 10.7. The quantitative estimate of drug-likeness (QED) is 0.204. The molecule has 7 heteroatoms. The number of aromatic nitrogens is 2. The van der Waals surface area contributed by atoms with E-state index in [0.717, 1.165) is 62.5 Å². The number of carbonyl (C=O) groups is 1.